The third-order valence-corrected chi connectivity index (χ3v) is 6.47. The number of carbonyl (C=O) groups excluding carboxylic acids is 1. The van der Waals surface area contributed by atoms with E-state index in [0.29, 0.717) is 11.4 Å². The maximum absolute atomic E-state index is 12.9. The molecule has 2 aromatic carbocycles. The van der Waals surface area contributed by atoms with E-state index in [9.17, 15) is 13.2 Å². The average Bonchev–Trinajstić information content (AvgIpc) is 2.65. The third kappa shape index (κ3) is 4.78. The zero-order valence-corrected chi connectivity index (χ0v) is 19.2. The van der Waals surface area contributed by atoms with Gasteiger partial charge in [-0.25, -0.2) is 8.42 Å². The number of hydrogen-bond acceptors (Lipinski definition) is 4. The van der Waals surface area contributed by atoms with Gasteiger partial charge >= 0.3 is 0 Å². The van der Waals surface area contributed by atoms with Crippen molar-refractivity contribution >= 4 is 21.6 Å². The number of benzene rings is 2. The first-order valence-electron chi connectivity index (χ1n) is 10.0. The Labute approximate surface area is 179 Å². The number of anilines is 1. The van der Waals surface area contributed by atoms with Gasteiger partial charge in [0.15, 0.2) is 6.10 Å². The number of fused-ring (bicyclic) bond motifs is 1. The molecule has 2 atom stereocenters. The number of nitrogens with one attached hydrogen (secondary N) is 1. The molecule has 0 radical (unpaired) electrons. The van der Waals surface area contributed by atoms with Gasteiger partial charge in [0.05, 0.1) is 24.5 Å². The lowest BCUT2D eigenvalue weighted by Crippen LogP contribution is -2.50. The minimum atomic E-state index is -3.58. The lowest BCUT2D eigenvalue weighted by Gasteiger charge is -2.35. The van der Waals surface area contributed by atoms with Crippen LogP contribution in [0.3, 0.4) is 0 Å². The molecule has 162 valence electrons. The summed E-state index contributed by atoms with van der Waals surface area (Å²) < 4.78 is 32.2. The van der Waals surface area contributed by atoms with Crippen LogP contribution in [0.25, 0.3) is 0 Å². The van der Waals surface area contributed by atoms with Crippen LogP contribution >= 0.6 is 0 Å². The monoisotopic (exact) mass is 430 g/mol. The summed E-state index contributed by atoms with van der Waals surface area (Å²) in [6.45, 7) is 10.0. The van der Waals surface area contributed by atoms with Crippen LogP contribution in [-0.4, -0.2) is 33.2 Å². The molecule has 0 saturated heterocycles. The Bertz CT molecular complexity index is 1040. The fourth-order valence-electron chi connectivity index (χ4n) is 3.41. The molecule has 0 aliphatic carbocycles. The van der Waals surface area contributed by atoms with Gasteiger partial charge in [0, 0.05) is 0 Å². The molecule has 1 aliphatic rings. The Morgan fingerprint density at radius 2 is 1.80 bits per heavy atom. The van der Waals surface area contributed by atoms with Crippen LogP contribution in [0, 0.1) is 6.92 Å². The Hall–Kier alpha value is -2.54. The first-order valence-corrected chi connectivity index (χ1v) is 11.9. The molecule has 30 heavy (non-hydrogen) atoms. The van der Waals surface area contributed by atoms with Crippen LogP contribution in [-0.2, 0) is 20.2 Å². The van der Waals surface area contributed by atoms with Crippen molar-refractivity contribution in [1.29, 1.82) is 0 Å². The Morgan fingerprint density at radius 3 is 2.37 bits per heavy atom. The third-order valence-electron chi connectivity index (χ3n) is 5.32. The van der Waals surface area contributed by atoms with Crippen molar-refractivity contribution in [3.8, 4) is 5.75 Å². The molecule has 1 heterocycles. The molecule has 7 heteroatoms. The van der Waals surface area contributed by atoms with E-state index in [0.717, 1.165) is 22.9 Å². The molecular weight excluding hydrogens is 400 g/mol. The Morgan fingerprint density at radius 1 is 1.17 bits per heavy atom. The van der Waals surface area contributed by atoms with Gasteiger partial charge in [0.25, 0.3) is 5.91 Å². The molecule has 0 bridgehead atoms. The molecular formula is C23H30N2O4S. The highest BCUT2D eigenvalue weighted by atomic mass is 32.2. The van der Waals surface area contributed by atoms with Gasteiger partial charge in [-0.1, -0.05) is 56.7 Å². The highest BCUT2D eigenvalue weighted by Crippen LogP contribution is 2.38. The lowest BCUT2D eigenvalue weighted by atomic mass is 9.86. The number of amides is 1. The highest BCUT2D eigenvalue weighted by Gasteiger charge is 2.36. The summed E-state index contributed by atoms with van der Waals surface area (Å²) in [7, 11) is -3.58. The zero-order valence-electron chi connectivity index (χ0n) is 18.4. The summed E-state index contributed by atoms with van der Waals surface area (Å²) in [5.74, 6) is 0.0464. The van der Waals surface area contributed by atoms with Crippen molar-refractivity contribution in [1.82, 2.24) is 5.32 Å². The van der Waals surface area contributed by atoms with Gasteiger partial charge in [0.1, 0.15) is 5.75 Å². The molecule has 0 saturated carbocycles. The maximum Gasteiger partial charge on any atom is 0.263 e. The highest BCUT2D eigenvalue weighted by molar-refractivity contribution is 7.92. The molecule has 3 rings (SSSR count). The summed E-state index contributed by atoms with van der Waals surface area (Å²) in [6, 6.07) is 13.2. The van der Waals surface area contributed by atoms with Crippen molar-refractivity contribution in [2.24, 2.45) is 0 Å². The Kier molecular flexibility index (Phi) is 5.87. The second-order valence-electron chi connectivity index (χ2n) is 8.97. The number of aryl methyl sites for hydroxylation is 1. The van der Waals surface area contributed by atoms with Gasteiger partial charge < -0.3 is 10.1 Å². The van der Waals surface area contributed by atoms with E-state index < -0.39 is 16.1 Å². The van der Waals surface area contributed by atoms with Crippen LogP contribution in [0.15, 0.2) is 42.5 Å². The molecule has 0 spiro atoms. The zero-order chi connectivity index (χ0) is 22.3. The number of nitrogens with zero attached hydrogens (tertiary/aromatic N) is 1. The van der Waals surface area contributed by atoms with Gasteiger partial charge in [-0.2, -0.15) is 0 Å². The van der Waals surface area contributed by atoms with Crippen molar-refractivity contribution in [3.05, 3.63) is 59.2 Å². The predicted octanol–water partition coefficient (Wildman–Crippen LogP) is 3.70. The average molecular weight is 431 g/mol. The van der Waals surface area contributed by atoms with E-state index in [1.54, 1.807) is 6.07 Å². The second-order valence-corrected chi connectivity index (χ2v) is 10.9. The molecule has 1 amide bonds. The van der Waals surface area contributed by atoms with Gasteiger partial charge in [0.2, 0.25) is 10.0 Å². The summed E-state index contributed by atoms with van der Waals surface area (Å²) in [5, 5.41) is 2.94. The molecule has 0 unspecified atom stereocenters. The fourth-order valence-corrected chi connectivity index (χ4v) is 4.32. The molecule has 1 aliphatic heterocycles. The van der Waals surface area contributed by atoms with Crippen molar-refractivity contribution in [3.63, 3.8) is 0 Å². The molecule has 0 fully saturated rings. The maximum atomic E-state index is 12.9. The van der Waals surface area contributed by atoms with Gasteiger partial charge in [-0.05, 0) is 42.5 Å². The molecule has 6 nitrogen and oxygen atoms in total. The summed E-state index contributed by atoms with van der Waals surface area (Å²) in [5.41, 5.74) is 3.44. The van der Waals surface area contributed by atoms with Crippen LogP contribution in [0.4, 0.5) is 5.69 Å². The van der Waals surface area contributed by atoms with E-state index in [1.165, 1.54) is 4.31 Å². The van der Waals surface area contributed by atoms with E-state index in [2.05, 4.69) is 26.1 Å². The van der Waals surface area contributed by atoms with Crippen LogP contribution < -0.4 is 14.4 Å². The summed E-state index contributed by atoms with van der Waals surface area (Å²) in [4.78, 5) is 12.9. The standard InChI is InChI=1S/C23H30N2O4S/c1-15-7-9-17(10-8-15)16(2)24-22(26)21-14-25(30(6,27)28)19-13-18(23(3,4)5)11-12-20(19)29-21/h7-13,16,21H,14H2,1-6H3,(H,24,26)/t16-,21+/m1/s1. The van der Waals surface area contributed by atoms with Crippen LogP contribution in [0.5, 0.6) is 5.75 Å². The van der Waals surface area contributed by atoms with Crippen molar-refractivity contribution < 1.29 is 17.9 Å². The summed E-state index contributed by atoms with van der Waals surface area (Å²) >= 11 is 0. The largest absolute Gasteiger partial charge is 0.476 e. The smallest absolute Gasteiger partial charge is 0.263 e. The topological polar surface area (TPSA) is 75.7 Å². The molecule has 1 N–H and O–H groups in total. The van der Waals surface area contributed by atoms with E-state index >= 15 is 0 Å². The van der Waals surface area contributed by atoms with Gasteiger partial charge in [-0.3, -0.25) is 9.10 Å². The lowest BCUT2D eigenvalue weighted by molar-refractivity contribution is -0.128. The van der Waals surface area contributed by atoms with Crippen molar-refractivity contribution in [2.45, 2.75) is 52.2 Å². The minimum Gasteiger partial charge on any atom is -0.476 e. The van der Waals surface area contributed by atoms with Crippen molar-refractivity contribution in [2.75, 3.05) is 17.1 Å². The first kappa shape index (κ1) is 22.2. The second kappa shape index (κ2) is 7.95. The van der Waals surface area contributed by atoms with E-state index in [4.69, 9.17) is 4.74 Å². The quantitative estimate of drug-likeness (QED) is 0.803. The Balaban J connectivity index is 1.86. The molecule has 2 aromatic rings. The molecule has 0 aromatic heterocycles. The number of sulfonamides is 1. The predicted molar refractivity (Wildman–Crippen MR) is 119 cm³/mol. The minimum absolute atomic E-state index is 0.0636. The normalized spacial score (nSPS) is 17.7. The summed E-state index contributed by atoms with van der Waals surface area (Å²) in [6.07, 6.45) is 0.219. The van der Waals surface area contributed by atoms with Crippen LogP contribution in [0.1, 0.15) is 50.4 Å². The number of hydrogen-bond donors (Lipinski definition) is 1. The number of ether oxygens (including phenoxy) is 1. The first-order chi connectivity index (χ1) is 13.9. The SMILES string of the molecule is Cc1ccc([C@@H](C)NC(=O)[C@@H]2CN(S(C)(=O)=O)c3cc(C(C)(C)C)ccc3O2)cc1. The van der Waals surface area contributed by atoms with Crippen LogP contribution in [0.2, 0.25) is 0 Å². The fraction of sp³-hybridized carbons (Fsp3) is 0.435. The van der Waals surface area contributed by atoms with E-state index in [1.807, 2.05) is 50.2 Å². The van der Waals surface area contributed by atoms with Gasteiger partial charge in [-0.15, -0.1) is 0 Å². The number of carbonyl (C=O) groups is 1. The van der Waals surface area contributed by atoms with E-state index in [-0.39, 0.29) is 23.9 Å². The number of rotatable bonds is 4.